The first-order valence-corrected chi connectivity index (χ1v) is 13.3. The number of carbonyl (C=O) groups is 2. The van der Waals surface area contributed by atoms with Gasteiger partial charge in [0.15, 0.2) is 11.5 Å². The Balaban J connectivity index is 0.00000267. The number of pyridine rings is 1. The van der Waals surface area contributed by atoms with Crippen LogP contribution >= 0.6 is 24.8 Å². The van der Waals surface area contributed by atoms with Crippen molar-refractivity contribution in [1.82, 2.24) is 25.8 Å². The maximum absolute atomic E-state index is 12.7. The van der Waals surface area contributed by atoms with Crippen LogP contribution in [0, 0.1) is 0 Å². The summed E-state index contributed by atoms with van der Waals surface area (Å²) in [6.07, 6.45) is 7.99. The van der Waals surface area contributed by atoms with Gasteiger partial charge in [-0.15, -0.1) is 24.8 Å². The molecular weight excluding hydrogens is 541 g/mol. The molecule has 1 aromatic carbocycles. The van der Waals surface area contributed by atoms with E-state index in [0.29, 0.717) is 50.4 Å². The van der Waals surface area contributed by atoms with Gasteiger partial charge >= 0.3 is 0 Å². The third-order valence-electron chi connectivity index (χ3n) is 6.87. The Morgan fingerprint density at radius 1 is 1.05 bits per heavy atom. The molecule has 0 radical (unpaired) electrons. The normalized spacial score (nSPS) is 21.6. The third kappa shape index (κ3) is 10.5. The van der Waals surface area contributed by atoms with Crippen LogP contribution in [0.3, 0.4) is 0 Å². The Kier molecular flexibility index (Phi) is 14.4. The number of benzene rings is 1. The number of amides is 2. The molecule has 39 heavy (non-hydrogen) atoms. The predicted octanol–water partition coefficient (Wildman–Crippen LogP) is 2.89. The van der Waals surface area contributed by atoms with Crippen LogP contribution in [0.25, 0.3) is 0 Å². The van der Waals surface area contributed by atoms with Crippen LogP contribution in [0.4, 0.5) is 0 Å². The largest absolute Gasteiger partial charge is 0.493 e. The van der Waals surface area contributed by atoms with E-state index in [9.17, 15) is 9.59 Å². The van der Waals surface area contributed by atoms with Gasteiger partial charge in [0.25, 0.3) is 0 Å². The summed E-state index contributed by atoms with van der Waals surface area (Å²) in [5, 5.41) is 9.42. The van der Waals surface area contributed by atoms with Gasteiger partial charge in [-0.25, -0.2) is 0 Å². The summed E-state index contributed by atoms with van der Waals surface area (Å²) >= 11 is 0. The number of nitrogens with zero attached hydrogens (tertiary/aromatic N) is 2. The van der Waals surface area contributed by atoms with Gasteiger partial charge < -0.3 is 25.4 Å². The summed E-state index contributed by atoms with van der Waals surface area (Å²) in [6, 6.07) is 9.58. The first-order valence-electron chi connectivity index (χ1n) is 13.3. The molecule has 2 atom stereocenters. The van der Waals surface area contributed by atoms with Crippen LogP contribution in [0.15, 0.2) is 42.7 Å². The SMILES string of the molecule is COc1cc2ccc1O[C@@H]1CN[C@@H](C1)C(=O)NCCCCN(Cc1cccnc1)CCCNC(=O)CC2.Cl.Cl. The van der Waals surface area contributed by atoms with E-state index in [-0.39, 0.29) is 48.8 Å². The number of carbonyl (C=O) groups excluding carboxylic acids is 2. The standard InChI is InChI=1S/C28H39N5O4.2ClH/c1-36-26-16-21-7-9-25(26)37-23-17-24(32-19-23)28(35)31-12-2-3-14-33(20-22-6-4-11-29-18-22)15-5-13-30-27(34)10-8-21;;/h4,6-7,9,11,16,18,23-24,32H,2-3,5,8,10,12-15,17,19-20H2,1H3,(H,30,34)(H,31,35);2*1H/t23-,24-;;/m0../s1. The lowest BCUT2D eigenvalue weighted by molar-refractivity contribution is -0.123. The summed E-state index contributed by atoms with van der Waals surface area (Å²) in [5.41, 5.74) is 2.19. The third-order valence-corrected chi connectivity index (χ3v) is 6.87. The van der Waals surface area contributed by atoms with E-state index in [1.54, 1.807) is 13.3 Å². The van der Waals surface area contributed by atoms with E-state index in [1.165, 1.54) is 5.56 Å². The molecule has 0 spiro atoms. The highest BCUT2D eigenvalue weighted by Crippen LogP contribution is 2.30. The highest BCUT2D eigenvalue weighted by Gasteiger charge is 2.31. The Morgan fingerprint density at radius 3 is 2.67 bits per heavy atom. The zero-order valence-electron chi connectivity index (χ0n) is 22.5. The van der Waals surface area contributed by atoms with E-state index in [0.717, 1.165) is 44.5 Å². The molecule has 0 saturated carbocycles. The van der Waals surface area contributed by atoms with Crippen molar-refractivity contribution in [1.29, 1.82) is 0 Å². The number of halogens is 2. The first-order chi connectivity index (χ1) is 18.1. The fraction of sp³-hybridized carbons (Fsp3) is 0.536. The van der Waals surface area contributed by atoms with Crippen LogP contribution in [-0.2, 0) is 22.6 Å². The van der Waals surface area contributed by atoms with Crippen LogP contribution in [0.2, 0.25) is 0 Å². The average Bonchev–Trinajstić information content (AvgIpc) is 3.38. The summed E-state index contributed by atoms with van der Waals surface area (Å²) in [4.78, 5) is 31.8. The molecule has 4 heterocycles. The number of hydrogen-bond donors (Lipinski definition) is 3. The predicted molar refractivity (Wildman–Crippen MR) is 156 cm³/mol. The molecular formula is C28H41Cl2N5O4. The van der Waals surface area contributed by atoms with Crippen LogP contribution in [0.5, 0.6) is 11.5 Å². The molecule has 216 valence electrons. The summed E-state index contributed by atoms with van der Waals surface area (Å²) in [6.45, 7) is 4.52. The lowest BCUT2D eigenvalue weighted by Gasteiger charge is -2.22. The Hall–Kier alpha value is -2.59. The molecule has 9 nitrogen and oxygen atoms in total. The molecule has 3 aliphatic rings. The molecule has 2 amide bonds. The second-order valence-electron chi connectivity index (χ2n) is 9.76. The summed E-state index contributed by atoms with van der Waals surface area (Å²) in [7, 11) is 1.61. The lowest BCUT2D eigenvalue weighted by Crippen LogP contribution is -2.40. The van der Waals surface area contributed by atoms with Gasteiger partial charge in [0.1, 0.15) is 6.10 Å². The van der Waals surface area contributed by atoms with Crippen molar-refractivity contribution in [3.05, 3.63) is 53.9 Å². The van der Waals surface area contributed by atoms with Gasteiger partial charge in [-0.2, -0.15) is 0 Å². The second-order valence-corrected chi connectivity index (χ2v) is 9.76. The number of methoxy groups -OCH3 is 1. The molecule has 0 unspecified atom stereocenters. The Bertz CT molecular complexity index is 1030. The zero-order valence-corrected chi connectivity index (χ0v) is 24.2. The van der Waals surface area contributed by atoms with E-state index < -0.39 is 0 Å². The van der Waals surface area contributed by atoms with E-state index >= 15 is 0 Å². The van der Waals surface area contributed by atoms with E-state index in [1.807, 2.05) is 30.5 Å². The average molecular weight is 583 g/mol. The van der Waals surface area contributed by atoms with Gasteiger partial charge in [-0.3, -0.25) is 19.5 Å². The van der Waals surface area contributed by atoms with Crippen molar-refractivity contribution in [2.75, 3.05) is 39.8 Å². The molecule has 11 heteroatoms. The number of hydrogen-bond acceptors (Lipinski definition) is 7. The molecule has 1 aromatic heterocycles. The number of fused-ring (bicyclic) bond motifs is 15. The minimum Gasteiger partial charge on any atom is -0.493 e. The lowest BCUT2D eigenvalue weighted by atomic mass is 10.1. The number of nitrogens with one attached hydrogen (secondary N) is 3. The first kappa shape index (κ1) is 32.6. The Labute approximate surface area is 243 Å². The number of aromatic nitrogens is 1. The number of ether oxygens (including phenoxy) is 2. The summed E-state index contributed by atoms with van der Waals surface area (Å²) in [5.74, 6) is 1.38. The van der Waals surface area contributed by atoms with Crippen molar-refractivity contribution >= 4 is 36.6 Å². The fourth-order valence-corrected chi connectivity index (χ4v) is 4.83. The van der Waals surface area contributed by atoms with Gasteiger partial charge in [-0.1, -0.05) is 12.1 Å². The van der Waals surface area contributed by atoms with Crippen molar-refractivity contribution in [3.8, 4) is 11.5 Å². The summed E-state index contributed by atoms with van der Waals surface area (Å²) < 4.78 is 11.7. The minimum atomic E-state index is -0.256. The monoisotopic (exact) mass is 581 g/mol. The molecule has 4 bridgehead atoms. The smallest absolute Gasteiger partial charge is 0.237 e. The van der Waals surface area contributed by atoms with Gasteiger partial charge in [-0.05, 0) is 61.6 Å². The van der Waals surface area contributed by atoms with Crippen molar-refractivity contribution in [3.63, 3.8) is 0 Å². The van der Waals surface area contributed by atoms with Crippen molar-refractivity contribution in [2.24, 2.45) is 0 Å². The fourth-order valence-electron chi connectivity index (χ4n) is 4.83. The second kappa shape index (κ2) is 17.2. The Morgan fingerprint density at radius 2 is 1.87 bits per heavy atom. The topological polar surface area (TPSA) is 105 Å². The highest BCUT2D eigenvalue weighted by atomic mass is 35.5. The quantitative estimate of drug-likeness (QED) is 0.512. The molecule has 2 aromatic rings. The zero-order chi connectivity index (χ0) is 25.9. The van der Waals surface area contributed by atoms with Crippen LogP contribution in [-0.4, -0.2) is 73.7 Å². The van der Waals surface area contributed by atoms with E-state index in [4.69, 9.17) is 9.47 Å². The van der Waals surface area contributed by atoms with Crippen molar-refractivity contribution < 1.29 is 19.1 Å². The van der Waals surface area contributed by atoms with E-state index in [2.05, 4.69) is 31.9 Å². The van der Waals surface area contributed by atoms with Gasteiger partial charge in [0, 0.05) is 58.0 Å². The number of aryl methyl sites for hydroxylation is 1. The van der Waals surface area contributed by atoms with Gasteiger partial charge in [0.2, 0.25) is 11.8 Å². The van der Waals surface area contributed by atoms with Crippen molar-refractivity contribution in [2.45, 2.75) is 57.2 Å². The highest BCUT2D eigenvalue weighted by molar-refractivity contribution is 5.85. The molecule has 1 fully saturated rings. The molecule has 1 saturated heterocycles. The minimum absolute atomic E-state index is 0. The molecule has 3 N–H and O–H groups in total. The van der Waals surface area contributed by atoms with Crippen LogP contribution in [0.1, 0.15) is 43.2 Å². The van der Waals surface area contributed by atoms with Gasteiger partial charge in [0.05, 0.1) is 13.2 Å². The molecule has 5 rings (SSSR count). The maximum atomic E-state index is 12.7. The number of rotatable bonds is 3. The van der Waals surface area contributed by atoms with Crippen LogP contribution < -0.4 is 25.4 Å². The maximum Gasteiger partial charge on any atom is 0.237 e. The molecule has 3 aliphatic heterocycles. The molecule has 0 aliphatic carbocycles.